The molecule has 0 bridgehead atoms. The number of hydrogen-bond acceptors (Lipinski definition) is 7. The number of carbonyl (C=O) groups excluding carboxylic acids is 1. The fraction of sp³-hybridized carbons (Fsp3) is 0.600. The van der Waals surface area contributed by atoms with Crippen molar-refractivity contribution in [1.29, 1.82) is 0 Å². The molecule has 0 saturated carbocycles. The molecule has 0 radical (unpaired) electrons. The number of aromatic nitrogens is 4. The van der Waals surface area contributed by atoms with Gasteiger partial charge in [-0.15, -0.1) is 5.10 Å². The first-order chi connectivity index (χ1) is 11.6. The maximum absolute atomic E-state index is 12.5. The van der Waals surface area contributed by atoms with Gasteiger partial charge in [0.25, 0.3) is 5.88 Å². The SMILES string of the molecule is COc1cc(CCC(=O)N2C[C@@H](N(C)C)[C@@H](n3ccnn3)C2)on1. The zero-order valence-electron chi connectivity index (χ0n) is 14.1. The van der Waals surface area contributed by atoms with Crippen molar-refractivity contribution in [2.75, 3.05) is 34.3 Å². The molecule has 0 aromatic carbocycles. The summed E-state index contributed by atoms with van der Waals surface area (Å²) in [7, 11) is 5.56. The summed E-state index contributed by atoms with van der Waals surface area (Å²) in [5.41, 5.74) is 0. The second kappa shape index (κ2) is 7.00. The van der Waals surface area contributed by atoms with Crippen LogP contribution < -0.4 is 4.74 Å². The number of methoxy groups -OCH3 is 1. The van der Waals surface area contributed by atoms with E-state index in [0.717, 1.165) is 0 Å². The Morgan fingerprint density at radius 3 is 2.92 bits per heavy atom. The van der Waals surface area contributed by atoms with Crippen LogP contribution in [0.1, 0.15) is 18.2 Å². The molecule has 1 aliphatic rings. The highest BCUT2D eigenvalue weighted by molar-refractivity contribution is 5.76. The van der Waals surface area contributed by atoms with Crippen molar-refractivity contribution >= 4 is 5.91 Å². The Morgan fingerprint density at radius 1 is 1.46 bits per heavy atom. The van der Waals surface area contributed by atoms with Crippen molar-refractivity contribution in [2.24, 2.45) is 0 Å². The average molecular weight is 334 g/mol. The fourth-order valence-electron chi connectivity index (χ4n) is 3.03. The molecule has 2 aromatic heterocycles. The van der Waals surface area contributed by atoms with Crippen LogP contribution in [0.15, 0.2) is 23.0 Å². The quantitative estimate of drug-likeness (QED) is 0.746. The number of likely N-dealkylation sites (tertiary alicyclic amines) is 1. The van der Waals surface area contributed by atoms with Gasteiger partial charge in [0.2, 0.25) is 5.91 Å². The van der Waals surface area contributed by atoms with E-state index in [9.17, 15) is 4.79 Å². The van der Waals surface area contributed by atoms with Gasteiger partial charge in [-0.3, -0.25) is 4.79 Å². The predicted molar refractivity (Wildman–Crippen MR) is 84.5 cm³/mol. The molecule has 3 rings (SSSR count). The Labute approximate surface area is 140 Å². The molecule has 24 heavy (non-hydrogen) atoms. The number of likely N-dealkylation sites (N-methyl/N-ethyl adjacent to an activating group) is 1. The number of carbonyl (C=O) groups is 1. The number of aryl methyl sites for hydroxylation is 1. The minimum Gasteiger partial charge on any atom is -0.479 e. The second-order valence-corrected chi connectivity index (χ2v) is 6.12. The molecule has 1 amide bonds. The molecular weight excluding hydrogens is 312 g/mol. The molecule has 9 nitrogen and oxygen atoms in total. The smallest absolute Gasteiger partial charge is 0.254 e. The summed E-state index contributed by atoms with van der Waals surface area (Å²) in [6.45, 7) is 1.31. The number of ether oxygens (including phenoxy) is 1. The summed E-state index contributed by atoms with van der Waals surface area (Å²) in [5, 5.41) is 11.7. The van der Waals surface area contributed by atoms with Crippen molar-refractivity contribution in [2.45, 2.75) is 24.9 Å². The summed E-state index contributed by atoms with van der Waals surface area (Å²) in [4.78, 5) is 16.6. The van der Waals surface area contributed by atoms with Crippen molar-refractivity contribution in [3.05, 3.63) is 24.2 Å². The molecule has 1 saturated heterocycles. The third-order valence-corrected chi connectivity index (χ3v) is 4.39. The van der Waals surface area contributed by atoms with Gasteiger partial charge in [0.1, 0.15) is 5.76 Å². The van der Waals surface area contributed by atoms with Crippen LogP contribution >= 0.6 is 0 Å². The number of nitrogens with zero attached hydrogens (tertiary/aromatic N) is 6. The van der Waals surface area contributed by atoms with Crippen LogP contribution in [0.3, 0.4) is 0 Å². The van der Waals surface area contributed by atoms with E-state index < -0.39 is 0 Å². The van der Waals surface area contributed by atoms with E-state index in [0.29, 0.717) is 37.6 Å². The molecule has 2 atom stereocenters. The first kappa shape index (κ1) is 16.4. The normalized spacial score (nSPS) is 20.8. The lowest BCUT2D eigenvalue weighted by Gasteiger charge is -2.24. The summed E-state index contributed by atoms with van der Waals surface area (Å²) >= 11 is 0. The van der Waals surface area contributed by atoms with Gasteiger partial charge in [0, 0.05) is 38.2 Å². The van der Waals surface area contributed by atoms with Gasteiger partial charge in [-0.2, -0.15) is 0 Å². The molecule has 0 spiro atoms. The summed E-state index contributed by atoms with van der Waals surface area (Å²) < 4.78 is 11.9. The molecule has 0 unspecified atom stereocenters. The maximum atomic E-state index is 12.5. The van der Waals surface area contributed by atoms with E-state index in [1.54, 1.807) is 12.3 Å². The van der Waals surface area contributed by atoms with E-state index in [1.807, 2.05) is 29.9 Å². The van der Waals surface area contributed by atoms with E-state index in [1.165, 1.54) is 7.11 Å². The predicted octanol–water partition coefficient (Wildman–Crippen LogP) is 0.221. The Kier molecular flexibility index (Phi) is 4.79. The Bertz CT molecular complexity index is 669. The van der Waals surface area contributed by atoms with E-state index >= 15 is 0 Å². The lowest BCUT2D eigenvalue weighted by molar-refractivity contribution is -0.130. The molecule has 2 aromatic rings. The van der Waals surface area contributed by atoms with E-state index in [2.05, 4.69) is 20.4 Å². The summed E-state index contributed by atoms with van der Waals surface area (Å²) in [6, 6.07) is 2.02. The van der Waals surface area contributed by atoms with Crippen molar-refractivity contribution in [3.63, 3.8) is 0 Å². The monoisotopic (exact) mass is 334 g/mol. The zero-order valence-corrected chi connectivity index (χ0v) is 14.1. The van der Waals surface area contributed by atoms with Gasteiger partial charge in [-0.25, -0.2) is 4.68 Å². The van der Waals surface area contributed by atoms with Crippen LogP contribution in [0.4, 0.5) is 0 Å². The van der Waals surface area contributed by atoms with Crippen molar-refractivity contribution in [1.82, 2.24) is 30.0 Å². The minimum absolute atomic E-state index is 0.0971. The molecule has 1 fully saturated rings. The first-order valence-electron chi connectivity index (χ1n) is 7.88. The van der Waals surface area contributed by atoms with Gasteiger partial charge >= 0.3 is 0 Å². The highest BCUT2D eigenvalue weighted by Gasteiger charge is 2.37. The zero-order chi connectivity index (χ0) is 17.1. The fourth-order valence-corrected chi connectivity index (χ4v) is 3.03. The molecular formula is C15H22N6O3. The third kappa shape index (κ3) is 3.40. The van der Waals surface area contributed by atoms with Crippen LogP contribution in [0.2, 0.25) is 0 Å². The number of amides is 1. The van der Waals surface area contributed by atoms with Crippen molar-refractivity contribution < 1.29 is 14.1 Å². The van der Waals surface area contributed by atoms with E-state index in [4.69, 9.17) is 9.26 Å². The number of hydrogen-bond donors (Lipinski definition) is 0. The molecule has 0 aliphatic carbocycles. The average Bonchev–Trinajstić information content (AvgIpc) is 3.31. The molecule has 130 valence electrons. The molecule has 0 N–H and O–H groups in total. The van der Waals surface area contributed by atoms with Crippen LogP contribution in [0, 0.1) is 0 Å². The van der Waals surface area contributed by atoms with Gasteiger partial charge in [0.15, 0.2) is 0 Å². The molecule has 3 heterocycles. The van der Waals surface area contributed by atoms with Crippen molar-refractivity contribution in [3.8, 4) is 5.88 Å². The number of rotatable bonds is 6. The van der Waals surface area contributed by atoms with Crippen LogP contribution in [-0.2, 0) is 11.2 Å². The Balaban J connectivity index is 1.61. The highest BCUT2D eigenvalue weighted by atomic mass is 16.5. The summed E-state index contributed by atoms with van der Waals surface area (Å²) in [5.74, 6) is 1.17. The Hall–Kier alpha value is -2.42. The second-order valence-electron chi connectivity index (χ2n) is 6.12. The topological polar surface area (TPSA) is 89.5 Å². The highest BCUT2D eigenvalue weighted by Crippen LogP contribution is 2.25. The molecule has 9 heteroatoms. The Morgan fingerprint density at radius 2 is 2.29 bits per heavy atom. The molecule has 1 aliphatic heterocycles. The third-order valence-electron chi connectivity index (χ3n) is 4.39. The lowest BCUT2D eigenvalue weighted by Crippen LogP contribution is -2.37. The lowest BCUT2D eigenvalue weighted by atomic mass is 10.1. The van der Waals surface area contributed by atoms with Gasteiger partial charge < -0.3 is 19.1 Å². The van der Waals surface area contributed by atoms with E-state index in [-0.39, 0.29) is 18.0 Å². The maximum Gasteiger partial charge on any atom is 0.254 e. The minimum atomic E-state index is 0.0971. The van der Waals surface area contributed by atoms with Gasteiger partial charge in [-0.1, -0.05) is 5.21 Å². The van der Waals surface area contributed by atoms with Crippen LogP contribution in [-0.4, -0.2) is 76.2 Å². The van der Waals surface area contributed by atoms with Crippen LogP contribution in [0.25, 0.3) is 0 Å². The van der Waals surface area contributed by atoms with Gasteiger partial charge in [0.05, 0.1) is 25.4 Å². The first-order valence-corrected chi connectivity index (χ1v) is 7.88. The van der Waals surface area contributed by atoms with Gasteiger partial charge in [-0.05, 0) is 19.3 Å². The van der Waals surface area contributed by atoms with Crippen LogP contribution in [0.5, 0.6) is 5.88 Å². The summed E-state index contributed by atoms with van der Waals surface area (Å²) in [6.07, 6.45) is 4.39. The largest absolute Gasteiger partial charge is 0.479 e. The standard InChI is InChI=1S/C15H22N6O3/c1-19(2)12-9-20(10-13(12)21-7-6-16-18-21)15(22)5-4-11-8-14(23-3)17-24-11/h6-8,12-13H,4-5,9-10H2,1-3H3/t12-,13+/m1/s1.